The predicted octanol–water partition coefficient (Wildman–Crippen LogP) is 4.26. The summed E-state index contributed by atoms with van der Waals surface area (Å²) in [5.41, 5.74) is 2.73. The topological polar surface area (TPSA) is 62.0 Å². The molecule has 0 bridgehead atoms. The molecule has 5 heteroatoms. The van der Waals surface area contributed by atoms with E-state index in [9.17, 15) is 9.59 Å². The standard InChI is InChI=1S/C19H15ClN2O2/c1-12-6-8-13(9-7-12)16-11-10-14(18(23)21-16)19(24)22-17-5-3-2-4-15(17)20/h2-11H,1H3,(H,21,23)(H,22,24). The van der Waals surface area contributed by atoms with E-state index in [4.69, 9.17) is 11.6 Å². The number of anilines is 1. The molecule has 1 aromatic heterocycles. The van der Waals surface area contributed by atoms with Crippen molar-refractivity contribution in [2.45, 2.75) is 6.92 Å². The van der Waals surface area contributed by atoms with E-state index in [1.807, 2.05) is 31.2 Å². The number of hydrogen-bond donors (Lipinski definition) is 2. The summed E-state index contributed by atoms with van der Waals surface area (Å²) >= 11 is 6.01. The van der Waals surface area contributed by atoms with E-state index in [2.05, 4.69) is 10.3 Å². The highest BCUT2D eigenvalue weighted by Crippen LogP contribution is 2.21. The van der Waals surface area contributed by atoms with Crippen molar-refractivity contribution in [2.75, 3.05) is 5.32 Å². The third-order valence-electron chi connectivity index (χ3n) is 3.64. The van der Waals surface area contributed by atoms with Crippen LogP contribution in [0.3, 0.4) is 0 Å². The van der Waals surface area contributed by atoms with Gasteiger partial charge < -0.3 is 10.3 Å². The first-order valence-electron chi connectivity index (χ1n) is 7.41. The summed E-state index contributed by atoms with van der Waals surface area (Å²) in [5, 5.41) is 3.06. The van der Waals surface area contributed by atoms with Gasteiger partial charge in [-0.25, -0.2) is 0 Å². The van der Waals surface area contributed by atoms with Crippen molar-refractivity contribution in [3.8, 4) is 11.3 Å². The molecular weight excluding hydrogens is 324 g/mol. The number of benzene rings is 2. The Hall–Kier alpha value is -2.85. The summed E-state index contributed by atoms with van der Waals surface area (Å²) in [6, 6.07) is 17.9. The number of aromatic amines is 1. The van der Waals surface area contributed by atoms with E-state index in [1.54, 1.807) is 30.3 Å². The second-order valence-electron chi connectivity index (χ2n) is 5.41. The van der Waals surface area contributed by atoms with E-state index in [0.29, 0.717) is 16.4 Å². The van der Waals surface area contributed by atoms with Gasteiger partial charge in [-0.15, -0.1) is 0 Å². The van der Waals surface area contributed by atoms with Crippen LogP contribution in [-0.2, 0) is 0 Å². The lowest BCUT2D eigenvalue weighted by Gasteiger charge is -2.07. The Labute approximate surface area is 144 Å². The molecule has 1 amide bonds. The van der Waals surface area contributed by atoms with Crippen LogP contribution in [0.25, 0.3) is 11.3 Å². The smallest absolute Gasteiger partial charge is 0.261 e. The number of aryl methyl sites for hydroxylation is 1. The van der Waals surface area contributed by atoms with Gasteiger partial charge in [-0.1, -0.05) is 53.6 Å². The van der Waals surface area contributed by atoms with Crippen LogP contribution in [0.4, 0.5) is 5.69 Å². The van der Waals surface area contributed by atoms with Crippen LogP contribution >= 0.6 is 11.6 Å². The number of carbonyl (C=O) groups is 1. The van der Waals surface area contributed by atoms with Gasteiger partial charge in [-0.3, -0.25) is 9.59 Å². The van der Waals surface area contributed by atoms with E-state index in [1.165, 1.54) is 6.07 Å². The van der Waals surface area contributed by atoms with Crippen LogP contribution in [0.5, 0.6) is 0 Å². The highest BCUT2D eigenvalue weighted by Gasteiger charge is 2.13. The molecule has 0 unspecified atom stereocenters. The van der Waals surface area contributed by atoms with Gasteiger partial charge in [-0.2, -0.15) is 0 Å². The summed E-state index contributed by atoms with van der Waals surface area (Å²) < 4.78 is 0. The molecule has 3 rings (SSSR count). The maximum atomic E-state index is 12.3. The highest BCUT2D eigenvalue weighted by molar-refractivity contribution is 6.33. The molecule has 4 nitrogen and oxygen atoms in total. The molecule has 0 aliphatic carbocycles. The molecule has 0 fully saturated rings. The Morgan fingerprint density at radius 1 is 1.00 bits per heavy atom. The first kappa shape index (κ1) is 16.0. The molecule has 3 aromatic rings. The Bertz CT molecular complexity index is 946. The Morgan fingerprint density at radius 2 is 1.71 bits per heavy atom. The largest absolute Gasteiger partial charge is 0.321 e. The third kappa shape index (κ3) is 3.39. The number of pyridine rings is 1. The number of aromatic nitrogens is 1. The zero-order chi connectivity index (χ0) is 17.1. The van der Waals surface area contributed by atoms with E-state index in [-0.39, 0.29) is 5.56 Å². The van der Waals surface area contributed by atoms with Gasteiger partial charge in [0, 0.05) is 5.69 Å². The number of halogens is 1. The lowest BCUT2D eigenvalue weighted by atomic mass is 10.1. The normalized spacial score (nSPS) is 10.4. The van der Waals surface area contributed by atoms with Gasteiger partial charge >= 0.3 is 0 Å². The fourth-order valence-corrected chi connectivity index (χ4v) is 2.49. The van der Waals surface area contributed by atoms with E-state index < -0.39 is 11.5 Å². The van der Waals surface area contributed by atoms with Crippen LogP contribution in [0, 0.1) is 6.92 Å². The highest BCUT2D eigenvalue weighted by atomic mass is 35.5. The fourth-order valence-electron chi connectivity index (χ4n) is 2.31. The first-order chi connectivity index (χ1) is 11.5. The lowest BCUT2D eigenvalue weighted by Crippen LogP contribution is -2.23. The molecule has 0 saturated carbocycles. The van der Waals surface area contributed by atoms with E-state index >= 15 is 0 Å². The fraction of sp³-hybridized carbons (Fsp3) is 0.0526. The van der Waals surface area contributed by atoms with Gasteiger partial charge in [0.05, 0.1) is 10.7 Å². The Kier molecular flexibility index (Phi) is 4.49. The molecule has 2 N–H and O–H groups in total. The van der Waals surface area contributed by atoms with Gasteiger partial charge in [0.15, 0.2) is 0 Å². The zero-order valence-corrected chi connectivity index (χ0v) is 13.7. The summed E-state index contributed by atoms with van der Waals surface area (Å²) in [5.74, 6) is -0.500. The Morgan fingerprint density at radius 3 is 2.38 bits per heavy atom. The summed E-state index contributed by atoms with van der Waals surface area (Å²) in [6.07, 6.45) is 0. The number of carbonyl (C=O) groups excluding carboxylic acids is 1. The minimum Gasteiger partial charge on any atom is -0.321 e. The third-order valence-corrected chi connectivity index (χ3v) is 3.97. The van der Waals surface area contributed by atoms with Crippen molar-refractivity contribution in [2.24, 2.45) is 0 Å². The van der Waals surface area contributed by atoms with Crippen LogP contribution in [0.2, 0.25) is 5.02 Å². The van der Waals surface area contributed by atoms with Crippen molar-refractivity contribution in [3.05, 3.63) is 87.2 Å². The molecule has 2 aromatic carbocycles. The predicted molar refractivity (Wildman–Crippen MR) is 96.6 cm³/mol. The number of amides is 1. The second-order valence-corrected chi connectivity index (χ2v) is 5.82. The van der Waals surface area contributed by atoms with Crippen molar-refractivity contribution >= 4 is 23.2 Å². The minimum atomic E-state index is -0.500. The van der Waals surface area contributed by atoms with Gasteiger partial charge in [-0.05, 0) is 36.8 Å². The summed E-state index contributed by atoms with van der Waals surface area (Å²) in [4.78, 5) is 27.3. The van der Waals surface area contributed by atoms with Gasteiger partial charge in [0.1, 0.15) is 5.56 Å². The molecule has 0 saturated heterocycles. The van der Waals surface area contributed by atoms with Crippen LogP contribution < -0.4 is 10.9 Å². The molecule has 1 heterocycles. The quantitative estimate of drug-likeness (QED) is 0.749. The number of H-pyrrole nitrogens is 1. The zero-order valence-electron chi connectivity index (χ0n) is 13.0. The maximum absolute atomic E-state index is 12.3. The van der Waals surface area contributed by atoms with Crippen LogP contribution in [0.1, 0.15) is 15.9 Å². The van der Waals surface area contributed by atoms with Crippen molar-refractivity contribution in [1.82, 2.24) is 4.98 Å². The van der Waals surface area contributed by atoms with Crippen molar-refractivity contribution in [1.29, 1.82) is 0 Å². The molecule has 0 spiro atoms. The monoisotopic (exact) mass is 338 g/mol. The molecule has 0 atom stereocenters. The lowest BCUT2D eigenvalue weighted by molar-refractivity contribution is 0.102. The van der Waals surface area contributed by atoms with Crippen molar-refractivity contribution < 1.29 is 4.79 Å². The molecule has 120 valence electrons. The number of hydrogen-bond acceptors (Lipinski definition) is 2. The van der Waals surface area contributed by atoms with Crippen LogP contribution in [0.15, 0.2) is 65.5 Å². The molecule has 0 aliphatic rings. The number of para-hydroxylation sites is 1. The van der Waals surface area contributed by atoms with Gasteiger partial charge in [0.2, 0.25) is 0 Å². The molecular formula is C19H15ClN2O2. The number of rotatable bonds is 3. The van der Waals surface area contributed by atoms with Crippen molar-refractivity contribution in [3.63, 3.8) is 0 Å². The Balaban J connectivity index is 1.87. The average molecular weight is 339 g/mol. The van der Waals surface area contributed by atoms with Crippen LogP contribution in [-0.4, -0.2) is 10.9 Å². The molecule has 24 heavy (non-hydrogen) atoms. The molecule has 0 radical (unpaired) electrons. The minimum absolute atomic E-state index is 0.0331. The SMILES string of the molecule is Cc1ccc(-c2ccc(C(=O)Nc3ccccc3Cl)c(=O)[nH]2)cc1. The second kappa shape index (κ2) is 6.72. The first-order valence-corrected chi connectivity index (χ1v) is 7.78. The summed E-state index contributed by atoms with van der Waals surface area (Å²) in [6.45, 7) is 1.99. The average Bonchev–Trinajstić information content (AvgIpc) is 2.57. The van der Waals surface area contributed by atoms with E-state index in [0.717, 1.165) is 11.1 Å². The number of nitrogens with one attached hydrogen (secondary N) is 2. The maximum Gasteiger partial charge on any atom is 0.261 e. The van der Waals surface area contributed by atoms with Gasteiger partial charge in [0.25, 0.3) is 11.5 Å². The molecule has 0 aliphatic heterocycles. The summed E-state index contributed by atoms with van der Waals surface area (Å²) in [7, 11) is 0.